The summed E-state index contributed by atoms with van der Waals surface area (Å²) in [5.74, 6) is 1.64. The van der Waals surface area contributed by atoms with Gasteiger partial charge in [0.2, 0.25) is 0 Å². The summed E-state index contributed by atoms with van der Waals surface area (Å²) in [5, 5.41) is 3.48. The molecule has 16 heavy (non-hydrogen) atoms. The molecule has 1 aliphatic carbocycles. The molecular weight excluding hydrogens is 202 g/mol. The predicted molar refractivity (Wildman–Crippen MR) is 64.0 cm³/mol. The SMILES string of the molecule is CCOc1cc(CNC2CC2)ccc1OC. The van der Waals surface area contributed by atoms with Crippen LogP contribution >= 0.6 is 0 Å². The summed E-state index contributed by atoms with van der Waals surface area (Å²) >= 11 is 0. The van der Waals surface area contributed by atoms with Gasteiger partial charge in [-0.25, -0.2) is 0 Å². The molecule has 1 N–H and O–H groups in total. The lowest BCUT2D eigenvalue weighted by Gasteiger charge is -2.11. The zero-order valence-corrected chi connectivity index (χ0v) is 9.95. The summed E-state index contributed by atoms with van der Waals surface area (Å²) < 4.78 is 10.8. The minimum atomic E-state index is 0.663. The third-order valence-electron chi connectivity index (χ3n) is 2.70. The zero-order valence-electron chi connectivity index (χ0n) is 9.95. The van der Waals surface area contributed by atoms with Crippen molar-refractivity contribution in [1.29, 1.82) is 0 Å². The van der Waals surface area contributed by atoms with Crippen LogP contribution < -0.4 is 14.8 Å². The second-order valence-corrected chi connectivity index (χ2v) is 4.07. The predicted octanol–water partition coefficient (Wildman–Crippen LogP) is 2.35. The quantitative estimate of drug-likeness (QED) is 0.799. The van der Waals surface area contributed by atoms with E-state index >= 15 is 0 Å². The highest BCUT2D eigenvalue weighted by atomic mass is 16.5. The fourth-order valence-electron chi connectivity index (χ4n) is 1.65. The molecule has 1 aromatic rings. The molecule has 0 atom stereocenters. The van der Waals surface area contributed by atoms with Gasteiger partial charge in [-0.1, -0.05) is 6.07 Å². The van der Waals surface area contributed by atoms with Crippen molar-refractivity contribution in [2.75, 3.05) is 13.7 Å². The largest absolute Gasteiger partial charge is 0.493 e. The maximum Gasteiger partial charge on any atom is 0.161 e. The van der Waals surface area contributed by atoms with Crippen molar-refractivity contribution in [1.82, 2.24) is 5.32 Å². The molecule has 1 aromatic carbocycles. The third-order valence-corrected chi connectivity index (χ3v) is 2.70. The second-order valence-electron chi connectivity index (χ2n) is 4.07. The summed E-state index contributed by atoms with van der Waals surface area (Å²) in [6.07, 6.45) is 2.63. The number of rotatable bonds is 6. The van der Waals surface area contributed by atoms with Crippen molar-refractivity contribution in [3.8, 4) is 11.5 Å². The number of nitrogens with one attached hydrogen (secondary N) is 1. The molecule has 0 amide bonds. The van der Waals surface area contributed by atoms with Gasteiger partial charge in [0.15, 0.2) is 11.5 Å². The first-order chi connectivity index (χ1) is 7.83. The Bertz CT molecular complexity index is 348. The Morgan fingerprint density at radius 1 is 1.31 bits per heavy atom. The molecule has 88 valence electrons. The van der Waals surface area contributed by atoms with E-state index in [-0.39, 0.29) is 0 Å². The lowest BCUT2D eigenvalue weighted by molar-refractivity contribution is 0.310. The molecule has 0 bridgehead atoms. The first kappa shape index (κ1) is 11.3. The first-order valence-electron chi connectivity index (χ1n) is 5.86. The van der Waals surface area contributed by atoms with Crippen LogP contribution in [-0.2, 0) is 6.54 Å². The molecule has 0 saturated heterocycles. The van der Waals surface area contributed by atoms with Gasteiger partial charge < -0.3 is 14.8 Å². The van der Waals surface area contributed by atoms with E-state index in [2.05, 4.69) is 17.4 Å². The van der Waals surface area contributed by atoms with Crippen LogP contribution in [0.15, 0.2) is 18.2 Å². The molecular formula is C13H19NO2. The Hall–Kier alpha value is -1.22. The van der Waals surface area contributed by atoms with Crippen LogP contribution in [0.25, 0.3) is 0 Å². The third kappa shape index (κ3) is 2.89. The van der Waals surface area contributed by atoms with E-state index in [9.17, 15) is 0 Å². The van der Waals surface area contributed by atoms with Gasteiger partial charge in [-0.3, -0.25) is 0 Å². The number of ether oxygens (including phenoxy) is 2. The van der Waals surface area contributed by atoms with Crippen LogP contribution in [0, 0.1) is 0 Å². The minimum absolute atomic E-state index is 0.663. The van der Waals surface area contributed by atoms with Crippen LogP contribution in [0.5, 0.6) is 11.5 Å². The Kier molecular flexibility index (Phi) is 3.67. The minimum Gasteiger partial charge on any atom is -0.493 e. The molecule has 3 nitrogen and oxygen atoms in total. The van der Waals surface area contributed by atoms with E-state index in [1.165, 1.54) is 18.4 Å². The van der Waals surface area contributed by atoms with E-state index in [1.807, 2.05) is 13.0 Å². The van der Waals surface area contributed by atoms with Crippen molar-refractivity contribution < 1.29 is 9.47 Å². The lowest BCUT2D eigenvalue weighted by Crippen LogP contribution is -2.15. The van der Waals surface area contributed by atoms with Crippen LogP contribution in [0.4, 0.5) is 0 Å². The fraction of sp³-hybridized carbons (Fsp3) is 0.538. The molecule has 0 heterocycles. The van der Waals surface area contributed by atoms with Crippen molar-refractivity contribution in [2.45, 2.75) is 32.4 Å². The summed E-state index contributed by atoms with van der Waals surface area (Å²) in [5.41, 5.74) is 1.25. The van der Waals surface area contributed by atoms with Gasteiger partial charge in [0.05, 0.1) is 13.7 Å². The van der Waals surface area contributed by atoms with Crippen molar-refractivity contribution >= 4 is 0 Å². The molecule has 0 radical (unpaired) electrons. The summed E-state index contributed by atoms with van der Waals surface area (Å²) in [6.45, 7) is 3.55. The standard InChI is InChI=1S/C13H19NO2/c1-3-16-13-8-10(4-7-12(13)15-2)9-14-11-5-6-11/h4,7-8,11,14H,3,5-6,9H2,1-2H3. The molecule has 2 rings (SSSR count). The van der Waals surface area contributed by atoms with E-state index < -0.39 is 0 Å². The van der Waals surface area contributed by atoms with Gasteiger partial charge in [-0.05, 0) is 37.5 Å². The van der Waals surface area contributed by atoms with Gasteiger partial charge in [-0.2, -0.15) is 0 Å². The van der Waals surface area contributed by atoms with Crippen LogP contribution in [0.1, 0.15) is 25.3 Å². The molecule has 0 unspecified atom stereocenters. The molecule has 1 fully saturated rings. The monoisotopic (exact) mass is 221 g/mol. The highest BCUT2D eigenvalue weighted by Crippen LogP contribution is 2.28. The smallest absolute Gasteiger partial charge is 0.161 e. The molecule has 3 heteroatoms. The molecule has 0 aliphatic heterocycles. The highest BCUT2D eigenvalue weighted by Gasteiger charge is 2.20. The van der Waals surface area contributed by atoms with E-state index in [1.54, 1.807) is 7.11 Å². The molecule has 1 aliphatic rings. The van der Waals surface area contributed by atoms with Crippen molar-refractivity contribution in [2.24, 2.45) is 0 Å². The van der Waals surface area contributed by atoms with Crippen molar-refractivity contribution in [3.05, 3.63) is 23.8 Å². The lowest BCUT2D eigenvalue weighted by atomic mass is 10.2. The second kappa shape index (κ2) is 5.21. The molecule has 0 spiro atoms. The number of methoxy groups -OCH3 is 1. The normalized spacial score (nSPS) is 14.9. The van der Waals surface area contributed by atoms with Gasteiger partial charge in [0, 0.05) is 12.6 Å². The number of benzene rings is 1. The Morgan fingerprint density at radius 3 is 2.75 bits per heavy atom. The van der Waals surface area contributed by atoms with Gasteiger partial charge in [0.25, 0.3) is 0 Å². The number of hydrogen-bond acceptors (Lipinski definition) is 3. The van der Waals surface area contributed by atoms with Crippen LogP contribution in [-0.4, -0.2) is 19.8 Å². The van der Waals surface area contributed by atoms with Crippen molar-refractivity contribution in [3.63, 3.8) is 0 Å². The van der Waals surface area contributed by atoms with Gasteiger partial charge in [-0.15, -0.1) is 0 Å². The van der Waals surface area contributed by atoms with E-state index in [0.717, 1.165) is 24.1 Å². The summed E-state index contributed by atoms with van der Waals surface area (Å²) in [6, 6.07) is 6.83. The molecule has 0 aromatic heterocycles. The van der Waals surface area contributed by atoms with Crippen LogP contribution in [0.2, 0.25) is 0 Å². The topological polar surface area (TPSA) is 30.5 Å². The summed E-state index contributed by atoms with van der Waals surface area (Å²) in [4.78, 5) is 0. The average molecular weight is 221 g/mol. The maximum absolute atomic E-state index is 5.54. The Morgan fingerprint density at radius 2 is 2.12 bits per heavy atom. The average Bonchev–Trinajstić information content (AvgIpc) is 3.11. The van der Waals surface area contributed by atoms with Gasteiger partial charge >= 0.3 is 0 Å². The zero-order chi connectivity index (χ0) is 11.4. The Labute approximate surface area is 96.8 Å². The fourth-order valence-corrected chi connectivity index (χ4v) is 1.65. The number of hydrogen-bond donors (Lipinski definition) is 1. The highest BCUT2D eigenvalue weighted by molar-refractivity contribution is 5.42. The van der Waals surface area contributed by atoms with Gasteiger partial charge in [0.1, 0.15) is 0 Å². The maximum atomic E-state index is 5.54. The van der Waals surface area contributed by atoms with Crippen LogP contribution in [0.3, 0.4) is 0 Å². The summed E-state index contributed by atoms with van der Waals surface area (Å²) in [7, 11) is 1.67. The van der Waals surface area contributed by atoms with E-state index in [0.29, 0.717) is 6.61 Å². The first-order valence-corrected chi connectivity index (χ1v) is 5.86. The molecule has 1 saturated carbocycles. The van der Waals surface area contributed by atoms with E-state index in [4.69, 9.17) is 9.47 Å². The Balaban J connectivity index is 2.03.